The first kappa shape index (κ1) is 16.9. The number of amides is 1. The summed E-state index contributed by atoms with van der Waals surface area (Å²) in [6.45, 7) is 4.96. The van der Waals surface area contributed by atoms with Crippen LogP contribution in [0.25, 0.3) is 0 Å². The highest BCUT2D eigenvalue weighted by atomic mass is 16.5. The number of morpholine rings is 1. The molecule has 1 fully saturated rings. The van der Waals surface area contributed by atoms with Crippen LogP contribution in [-0.4, -0.2) is 58.1 Å². The Balaban J connectivity index is 2.10. The zero-order valence-corrected chi connectivity index (χ0v) is 13.3. The number of hydrogen-bond acceptors (Lipinski definition) is 5. The van der Waals surface area contributed by atoms with Gasteiger partial charge in [-0.3, -0.25) is 9.69 Å². The quantitative estimate of drug-likeness (QED) is 0.762. The van der Waals surface area contributed by atoms with Gasteiger partial charge in [0.25, 0.3) is 5.91 Å². The van der Waals surface area contributed by atoms with Crippen LogP contribution in [0.4, 0.5) is 0 Å². The van der Waals surface area contributed by atoms with Gasteiger partial charge in [0.2, 0.25) is 0 Å². The molecule has 0 saturated carbocycles. The Bertz CT molecular complexity index is 487. The first-order valence-electron chi connectivity index (χ1n) is 7.42. The molecule has 0 aromatic heterocycles. The second-order valence-electron chi connectivity index (χ2n) is 5.24. The van der Waals surface area contributed by atoms with E-state index in [9.17, 15) is 4.79 Å². The van der Waals surface area contributed by atoms with Gasteiger partial charge in [-0.15, -0.1) is 0 Å². The summed E-state index contributed by atoms with van der Waals surface area (Å²) < 4.78 is 15.5. The van der Waals surface area contributed by atoms with Gasteiger partial charge in [-0.1, -0.05) is 6.07 Å². The second-order valence-corrected chi connectivity index (χ2v) is 5.24. The smallest absolute Gasteiger partial charge is 0.253 e. The fourth-order valence-electron chi connectivity index (χ4n) is 2.45. The third kappa shape index (κ3) is 4.78. The fourth-order valence-corrected chi connectivity index (χ4v) is 2.45. The summed E-state index contributed by atoms with van der Waals surface area (Å²) in [6, 6.07) is 5.75. The lowest BCUT2D eigenvalue weighted by Crippen LogP contribution is -2.36. The Kier molecular flexibility index (Phi) is 6.79. The maximum atomic E-state index is 12.0. The maximum Gasteiger partial charge on any atom is 0.253 e. The Morgan fingerprint density at radius 1 is 1.23 bits per heavy atom. The number of benzene rings is 1. The number of methoxy groups -OCH3 is 2. The van der Waals surface area contributed by atoms with Gasteiger partial charge in [0, 0.05) is 39.4 Å². The van der Waals surface area contributed by atoms with Gasteiger partial charge in [-0.2, -0.15) is 0 Å². The van der Waals surface area contributed by atoms with Gasteiger partial charge in [-0.25, -0.2) is 0 Å². The van der Waals surface area contributed by atoms with Crippen LogP contribution in [0, 0.1) is 0 Å². The van der Waals surface area contributed by atoms with Crippen molar-refractivity contribution >= 4 is 5.91 Å². The largest absolute Gasteiger partial charge is 0.380 e. The molecule has 2 rings (SSSR count). The molecule has 1 amide bonds. The summed E-state index contributed by atoms with van der Waals surface area (Å²) in [7, 11) is 3.21. The van der Waals surface area contributed by atoms with E-state index in [0.717, 1.165) is 38.4 Å². The molecule has 0 unspecified atom stereocenters. The zero-order valence-electron chi connectivity index (χ0n) is 13.3. The standard InChI is InChI=1S/C16H24N2O4/c1-20-11-15-9-13(16(19)17-12-21-2)3-4-14(15)10-18-5-7-22-8-6-18/h3-4,9H,5-8,10-12H2,1-2H3,(H,17,19). The predicted molar refractivity (Wildman–Crippen MR) is 82.6 cm³/mol. The van der Waals surface area contributed by atoms with E-state index in [4.69, 9.17) is 14.2 Å². The topological polar surface area (TPSA) is 60.0 Å². The summed E-state index contributed by atoms with van der Waals surface area (Å²) in [5.41, 5.74) is 2.85. The molecule has 6 nitrogen and oxygen atoms in total. The van der Waals surface area contributed by atoms with Gasteiger partial charge in [-0.05, 0) is 23.3 Å². The van der Waals surface area contributed by atoms with Gasteiger partial charge in [0.1, 0.15) is 6.73 Å². The third-order valence-corrected chi connectivity index (χ3v) is 3.64. The van der Waals surface area contributed by atoms with Gasteiger partial charge in [0.05, 0.1) is 19.8 Å². The molecule has 1 saturated heterocycles. The third-order valence-electron chi connectivity index (χ3n) is 3.64. The number of rotatable bonds is 7. The number of carbonyl (C=O) groups is 1. The molecule has 0 spiro atoms. The number of ether oxygens (including phenoxy) is 3. The number of carbonyl (C=O) groups excluding carboxylic acids is 1. The van der Waals surface area contributed by atoms with Gasteiger partial charge in [0.15, 0.2) is 0 Å². The van der Waals surface area contributed by atoms with E-state index < -0.39 is 0 Å². The summed E-state index contributed by atoms with van der Waals surface area (Å²) >= 11 is 0. The van der Waals surface area contributed by atoms with E-state index in [1.54, 1.807) is 14.2 Å². The average Bonchev–Trinajstić information content (AvgIpc) is 2.55. The number of nitrogens with zero attached hydrogens (tertiary/aromatic N) is 1. The van der Waals surface area contributed by atoms with Crippen LogP contribution in [0.5, 0.6) is 0 Å². The first-order valence-corrected chi connectivity index (χ1v) is 7.42. The monoisotopic (exact) mass is 308 g/mol. The lowest BCUT2D eigenvalue weighted by atomic mass is 10.0. The van der Waals surface area contributed by atoms with Crippen molar-refractivity contribution in [1.82, 2.24) is 10.2 Å². The van der Waals surface area contributed by atoms with Crippen molar-refractivity contribution in [3.63, 3.8) is 0 Å². The molecule has 0 atom stereocenters. The minimum absolute atomic E-state index is 0.142. The molecular formula is C16H24N2O4. The SMILES string of the molecule is COCNC(=O)c1ccc(CN2CCOCC2)c(COC)c1. The fraction of sp³-hybridized carbons (Fsp3) is 0.562. The molecule has 0 bridgehead atoms. The number of nitrogens with one attached hydrogen (secondary N) is 1. The van der Waals surface area contributed by atoms with Crippen molar-refractivity contribution in [1.29, 1.82) is 0 Å². The van der Waals surface area contributed by atoms with E-state index in [2.05, 4.69) is 10.2 Å². The first-order chi connectivity index (χ1) is 10.7. The molecule has 122 valence electrons. The molecule has 0 radical (unpaired) electrons. The maximum absolute atomic E-state index is 12.0. The molecular weight excluding hydrogens is 284 g/mol. The normalized spacial score (nSPS) is 15.7. The van der Waals surface area contributed by atoms with Crippen molar-refractivity contribution in [2.45, 2.75) is 13.2 Å². The van der Waals surface area contributed by atoms with Crippen LogP contribution in [0.1, 0.15) is 21.5 Å². The molecule has 1 heterocycles. The van der Waals surface area contributed by atoms with Crippen LogP contribution in [-0.2, 0) is 27.4 Å². The molecule has 1 aromatic carbocycles. The van der Waals surface area contributed by atoms with Crippen molar-refractivity contribution < 1.29 is 19.0 Å². The van der Waals surface area contributed by atoms with Crippen LogP contribution < -0.4 is 5.32 Å². The predicted octanol–water partition coefficient (Wildman–Crippen LogP) is 0.999. The van der Waals surface area contributed by atoms with E-state index >= 15 is 0 Å². The van der Waals surface area contributed by atoms with E-state index in [1.165, 1.54) is 5.56 Å². The summed E-state index contributed by atoms with van der Waals surface area (Å²) in [5, 5.41) is 2.69. The lowest BCUT2D eigenvalue weighted by molar-refractivity contribution is 0.0338. The summed E-state index contributed by atoms with van der Waals surface area (Å²) in [5.74, 6) is -0.142. The molecule has 1 aromatic rings. The van der Waals surface area contributed by atoms with E-state index in [1.807, 2.05) is 18.2 Å². The Morgan fingerprint density at radius 3 is 2.68 bits per heavy atom. The van der Waals surface area contributed by atoms with E-state index in [-0.39, 0.29) is 12.6 Å². The number of hydrogen-bond donors (Lipinski definition) is 1. The minimum Gasteiger partial charge on any atom is -0.380 e. The Morgan fingerprint density at radius 2 is 2.00 bits per heavy atom. The molecule has 1 aliphatic heterocycles. The molecule has 1 aliphatic rings. The van der Waals surface area contributed by atoms with Crippen LogP contribution >= 0.6 is 0 Å². The Labute approximate surface area is 131 Å². The van der Waals surface area contributed by atoms with Crippen molar-refractivity contribution in [2.24, 2.45) is 0 Å². The van der Waals surface area contributed by atoms with Crippen LogP contribution in [0.15, 0.2) is 18.2 Å². The van der Waals surface area contributed by atoms with Crippen LogP contribution in [0.2, 0.25) is 0 Å². The molecule has 6 heteroatoms. The average molecular weight is 308 g/mol. The lowest BCUT2D eigenvalue weighted by Gasteiger charge is -2.27. The van der Waals surface area contributed by atoms with Crippen molar-refractivity contribution in [2.75, 3.05) is 47.3 Å². The minimum atomic E-state index is -0.142. The summed E-state index contributed by atoms with van der Waals surface area (Å²) in [6.07, 6.45) is 0. The Hall–Kier alpha value is -1.47. The van der Waals surface area contributed by atoms with Crippen molar-refractivity contribution in [3.8, 4) is 0 Å². The highest BCUT2D eigenvalue weighted by molar-refractivity contribution is 5.94. The van der Waals surface area contributed by atoms with Crippen LogP contribution in [0.3, 0.4) is 0 Å². The zero-order chi connectivity index (χ0) is 15.8. The van der Waals surface area contributed by atoms with Gasteiger partial charge < -0.3 is 19.5 Å². The molecule has 1 N–H and O–H groups in total. The second kappa shape index (κ2) is 8.85. The van der Waals surface area contributed by atoms with Crippen molar-refractivity contribution in [3.05, 3.63) is 34.9 Å². The summed E-state index contributed by atoms with van der Waals surface area (Å²) in [4.78, 5) is 14.4. The highest BCUT2D eigenvalue weighted by Gasteiger charge is 2.14. The highest BCUT2D eigenvalue weighted by Crippen LogP contribution is 2.16. The molecule has 22 heavy (non-hydrogen) atoms. The van der Waals surface area contributed by atoms with E-state index in [0.29, 0.717) is 12.2 Å². The van der Waals surface area contributed by atoms with Gasteiger partial charge >= 0.3 is 0 Å². The molecule has 0 aliphatic carbocycles.